The summed E-state index contributed by atoms with van der Waals surface area (Å²) in [7, 11) is 1.68. The Morgan fingerprint density at radius 1 is 1.31 bits per heavy atom. The minimum absolute atomic E-state index is 0.0181. The number of aromatic nitrogens is 1. The molecule has 134 valence electrons. The summed E-state index contributed by atoms with van der Waals surface area (Å²) >= 11 is 1.45. The number of thiophene rings is 1. The summed E-state index contributed by atoms with van der Waals surface area (Å²) < 4.78 is 5.36. The summed E-state index contributed by atoms with van der Waals surface area (Å²) in [5.74, 6) is 0.0181. The topological polar surface area (TPSA) is 54.5 Å². The zero-order valence-electron chi connectivity index (χ0n) is 15.3. The molecule has 3 aromatic rings. The van der Waals surface area contributed by atoms with E-state index in [9.17, 15) is 4.79 Å². The van der Waals surface area contributed by atoms with Gasteiger partial charge in [0.1, 0.15) is 15.9 Å². The van der Waals surface area contributed by atoms with Gasteiger partial charge in [0.05, 0.1) is 12.3 Å². The van der Waals surface area contributed by atoms with Crippen LogP contribution < -0.4 is 10.2 Å². The lowest BCUT2D eigenvalue weighted by Gasteiger charge is -2.35. The Morgan fingerprint density at radius 3 is 2.81 bits per heavy atom. The number of nitrogens with one attached hydrogen (secondary N) is 1. The van der Waals surface area contributed by atoms with Crippen molar-refractivity contribution in [3.8, 4) is 0 Å². The van der Waals surface area contributed by atoms with E-state index < -0.39 is 0 Å². The van der Waals surface area contributed by atoms with Gasteiger partial charge in [-0.05, 0) is 44.0 Å². The molecule has 3 heterocycles. The Balaban J connectivity index is 1.90. The fourth-order valence-electron chi connectivity index (χ4n) is 3.58. The third kappa shape index (κ3) is 2.57. The number of pyridine rings is 1. The van der Waals surface area contributed by atoms with E-state index >= 15 is 0 Å². The van der Waals surface area contributed by atoms with Gasteiger partial charge in [-0.1, -0.05) is 18.2 Å². The molecule has 1 amide bonds. The molecule has 0 aliphatic carbocycles. The zero-order valence-corrected chi connectivity index (χ0v) is 16.1. The van der Waals surface area contributed by atoms with Crippen LogP contribution in [0.15, 0.2) is 30.3 Å². The number of para-hydroxylation sites is 1. The summed E-state index contributed by atoms with van der Waals surface area (Å²) in [6.45, 7) is 6.50. The molecule has 1 aliphatic rings. The standard InChI is InChI=1S/C20H21N3O2S/c1-11-7-5-6-8-15(11)23-13(3)22-17-16-14(10-25-4)9-12(2)21-19(16)26-18(17)20(23)24/h5-9,13,22H,10H2,1-4H3. The number of amides is 1. The predicted octanol–water partition coefficient (Wildman–Crippen LogP) is 4.48. The Morgan fingerprint density at radius 2 is 2.08 bits per heavy atom. The van der Waals surface area contributed by atoms with E-state index in [1.807, 2.05) is 56.0 Å². The van der Waals surface area contributed by atoms with Crippen LogP contribution >= 0.6 is 11.3 Å². The van der Waals surface area contributed by atoms with Crippen molar-refractivity contribution >= 4 is 38.8 Å². The van der Waals surface area contributed by atoms with Gasteiger partial charge in [0.2, 0.25) is 0 Å². The van der Waals surface area contributed by atoms with Crippen molar-refractivity contribution in [3.63, 3.8) is 0 Å². The fourth-order valence-corrected chi connectivity index (χ4v) is 4.75. The number of fused-ring (bicyclic) bond motifs is 3. The molecule has 1 N–H and O–H groups in total. The largest absolute Gasteiger partial charge is 0.380 e. The molecule has 1 unspecified atom stereocenters. The van der Waals surface area contributed by atoms with E-state index in [1.54, 1.807) is 7.11 Å². The van der Waals surface area contributed by atoms with Crippen molar-refractivity contribution < 1.29 is 9.53 Å². The molecule has 1 atom stereocenters. The summed E-state index contributed by atoms with van der Waals surface area (Å²) in [5.41, 5.74) is 4.88. The highest BCUT2D eigenvalue weighted by Gasteiger charge is 2.35. The molecule has 6 heteroatoms. The average molecular weight is 367 g/mol. The number of nitrogens with zero attached hydrogens (tertiary/aromatic N) is 2. The zero-order chi connectivity index (χ0) is 18.4. The first-order valence-corrected chi connectivity index (χ1v) is 9.40. The van der Waals surface area contributed by atoms with Crippen LogP contribution in [0, 0.1) is 13.8 Å². The quantitative estimate of drug-likeness (QED) is 0.742. The maximum absolute atomic E-state index is 13.3. The van der Waals surface area contributed by atoms with Crippen LogP contribution in [-0.2, 0) is 11.3 Å². The Kier molecular flexibility index (Phi) is 4.17. The summed E-state index contributed by atoms with van der Waals surface area (Å²) in [6.07, 6.45) is -0.148. The van der Waals surface area contributed by atoms with Gasteiger partial charge in [-0.25, -0.2) is 4.98 Å². The van der Waals surface area contributed by atoms with Crippen molar-refractivity contribution in [2.24, 2.45) is 0 Å². The normalized spacial score (nSPS) is 16.7. The number of ether oxygens (including phenoxy) is 1. The van der Waals surface area contributed by atoms with E-state index in [0.717, 1.165) is 38.4 Å². The van der Waals surface area contributed by atoms with Crippen LogP contribution in [0.4, 0.5) is 11.4 Å². The number of carbonyl (C=O) groups is 1. The van der Waals surface area contributed by atoms with Crippen molar-refractivity contribution in [2.75, 3.05) is 17.3 Å². The lowest BCUT2D eigenvalue weighted by Crippen LogP contribution is -2.47. The van der Waals surface area contributed by atoms with Gasteiger partial charge in [-0.2, -0.15) is 0 Å². The van der Waals surface area contributed by atoms with Gasteiger partial charge < -0.3 is 10.1 Å². The molecule has 0 bridgehead atoms. The highest BCUT2D eigenvalue weighted by Crippen LogP contribution is 2.42. The van der Waals surface area contributed by atoms with Gasteiger partial charge in [0.25, 0.3) is 5.91 Å². The van der Waals surface area contributed by atoms with Gasteiger partial charge in [-0.3, -0.25) is 9.69 Å². The van der Waals surface area contributed by atoms with Crippen molar-refractivity contribution in [1.29, 1.82) is 0 Å². The third-order valence-corrected chi connectivity index (χ3v) is 5.77. The summed E-state index contributed by atoms with van der Waals surface area (Å²) in [5, 5.41) is 4.53. The molecule has 0 spiro atoms. The van der Waals surface area contributed by atoms with E-state index in [1.165, 1.54) is 11.3 Å². The Bertz CT molecular complexity index is 1010. The predicted molar refractivity (Wildman–Crippen MR) is 106 cm³/mol. The van der Waals surface area contributed by atoms with Gasteiger partial charge >= 0.3 is 0 Å². The van der Waals surface area contributed by atoms with Crippen LogP contribution in [0.3, 0.4) is 0 Å². The first kappa shape index (κ1) is 17.0. The minimum atomic E-state index is -0.148. The monoisotopic (exact) mass is 367 g/mol. The number of hydrogen-bond donors (Lipinski definition) is 1. The molecule has 1 aromatic carbocycles. The van der Waals surface area contributed by atoms with E-state index in [0.29, 0.717) is 11.5 Å². The molecule has 0 saturated carbocycles. The highest BCUT2D eigenvalue weighted by molar-refractivity contribution is 7.21. The maximum atomic E-state index is 13.3. The number of anilines is 2. The summed E-state index contributed by atoms with van der Waals surface area (Å²) in [6, 6.07) is 9.99. The number of benzene rings is 1. The summed E-state index contributed by atoms with van der Waals surface area (Å²) in [4.78, 5) is 21.4. The highest BCUT2D eigenvalue weighted by atomic mass is 32.1. The first-order chi connectivity index (χ1) is 12.5. The molecule has 0 saturated heterocycles. The molecule has 0 radical (unpaired) electrons. The molecule has 2 aromatic heterocycles. The fraction of sp³-hybridized carbons (Fsp3) is 0.300. The maximum Gasteiger partial charge on any atom is 0.272 e. The Labute approximate surface area is 156 Å². The Hall–Kier alpha value is -2.44. The lowest BCUT2D eigenvalue weighted by atomic mass is 10.1. The van der Waals surface area contributed by atoms with Crippen molar-refractivity contribution in [3.05, 3.63) is 52.0 Å². The number of aryl methyl sites for hydroxylation is 2. The lowest BCUT2D eigenvalue weighted by molar-refractivity contribution is 0.0981. The van der Waals surface area contributed by atoms with Crippen LogP contribution in [0.2, 0.25) is 0 Å². The molecule has 0 fully saturated rings. The number of methoxy groups -OCH3 is 1. The third-order valence-electron chi connectivity index (χ3n) is 4.70. The van der Waals surface area contributed by atoms with Crippen molar-refractivity contribution in [2.45, 2.75) is 33.5 Å². The van der Waals surface area contributed by atoms with Gasteiger partial charge in [0.15, 0.2) is 0 Å². The molecule has 1 aliphatic heterocycles. The van der Waals surface area contributed by atoms with Gasteiger partial charge in [-0.15, -0.1) is 11.3 Å². The molecule has 4 rings (SSSR count). The molecular formula is C20H21N3O2S. The number of carbonyl (C=O) groups excluding carboxylic acids is 1. The minimum Gasteiger partial charge on any atom is -0.380 e. The second-order valence-electron chi connectivity index (χ2n) is 6.62. The SMILES string of the molecule is COCc1cc(C)nc2sc3c(c12)NC(C)N(c1ccccc1C)C3=O. The first-order valence-electron chi connectivity index (χ1n) is 8.59. The molecule has 26 heavy (non-hydrogen) atoms. The molecule has 5 nitrogen and oxygen atoms in total. The van der Waals surface area contributed by atoms with E-state index in [4.69, 9.17) is 4.74 Å². The molecular weight excluding hydrogens is 346 g/mol. The van der Waals surface area contributed by atoms with E-state index in [-0.39, 0.29) is 12.1 Å². The smallest absolute Gasteiger partial charge is 0.272 e. The number of rotatable bonds is 3. The van der Waals surface area contributed by atoms with Crippen LogP contribution in [0.25, 0.3) is 10.2 Å². The average Bonchev–Trinajstić information content (AvgIpc) is 2.95. The van der Waals surface area contributed by atoms with Crippen molar-refractivity contribution in [1.82, 2.24) is 4.98 Å². The van der Waals surface area contributed by atoms with E-state index in [2.05, 4.69) is 10.3 Å². The number of hydrogen-bond acceptors (Lipinski definition) is 5. The van der Waals surface area contributed by atoms with Crippen LogP contribution in [0.5, 0.6) is 0 Å². The van der Waals surface area contributed by atoms with Gasteiger partial charge in [0, 0.05) is 23.9 Å². The van der Waals surface area contributed by atoms with Crippen LogP contribution in [0.1, 0.15) is 33.4 Å². The second-order valence-corrected chi connectivity index (χ2v) is 7.62. The van der Waals surface area contributed by atoms with Crippen LogP contribution in [-0.4, -0.2) is 24.2 Å². The second kappa shape index (κ2) is 6.37.